The molecule has 0 aliphatic carbocycles. The first-order valence-corrected chi connectivity index (χ1v) is 24.6. The second kappa shape index (κ2) is 21.1. The molecule has 2 atom stereocenters. The maximum absolute atomic E-state index is 12.7. The Morgan fingerprint density at radius 1 is 0.411 bits per heavy atom. The van der Waals surface area contributed by atoms with Gasteiger partial charge < -0.3 is 40.4 Å². The van der Waals surface area contributed by atoms with E-state index in [0.29, 0.717) is 12.8 Å². The number of hydrogen-bond acceptors (Lipinski definition) is 6. The number of aromatic amines is 2. The monoisotopic (exact) mass is 1150 g/mol. The molecule has 0 saturated heterocycles. The van der Waals surface area contributed by atoms with Crippen molar-refractivity contribution in [2.24, 2.45) is 0 Å². The summed E-state index contributed by atoms with van der Waals surface area (Å²) in [6.07, 6.45) is 7.19. The maximum atomic E-state index is 12.7. The summed E-state index contributed by atoms with van der Waals surface area (Å²) in [5.74, 6) is -3.10. The van der Waals surface area contributed by atoms with Gasteiger partial charge in [-0.2, -0.15) is 0 Å². The first-order valence-electron chi connectivity index (χ1n) is 24.6. The van der Waals surface area contributed by atoms with Crippen molar-refractivity contribution >= 4 is 137 Å². The zero-order valence-electron chi connectivity index (χ0n) is 39.9. The Balaban J connectivity index is 0.000000165. The number of aryl methyl sites for hydroxylation is 2. The minimum atomic E-state index is -1.28. The SMILES string of the molecule is O=C(CCCc1ccc2ccc3cccc4ccc1c2c34)NC(Cc1c[nH]c2ccccc12)C(=O)[O-].O=C(CCCc1ccc2ccc3cccc4ccc1c2c34)NC(Cc1cccc2[nH]ccc12)C(=O)[O-].[Pb+2]. The molecule has 2 amide bonds. The summed E-state index contributed by atoms with van der Waals surface area (Å²) >= 11 is 0. The minimum absolute atomic E-state index is 0. The van der Waals surface area contributed by atoms with Gasteiger partial charge in [-0.1, -0.05) is 140 Å². The molecule has 2 unspecified atom stereocenters. The molecule has 2 heterocycles. The zero-order chi connectivity index (χ0) is 49.3. The smallest absolute Gasteiger partial charge is 0.548 e. The van der Waals surface area contributed by atoms with Crippen molar-refractivity contribution in [2.75, 3.05) is 0 Å². The normalized spacial score (nSPS) is 12.4. The molecule has 12 aromatic rings. The Morgan fingerprint density at radius 3 is 1.37 bits per heavy atom. The summed E-state index contributed by atoms with van der Waals surface area (Å²) in [5, 5.41) is 45.7. The van der Waals surface area contributed by atoms with Gasteiger partial charge in [-0.05, 0) is 137 Å². The molecule has 10 nitrogen and oxygen atoms in total. The first kappa shape index (κ1) is 48.8. The molecule has 2 aromatic heterocycles. The Hall–Kier alpha value is -7.84. The summed E-state index contributed by atoms with van der Waals surface area (Å²) in [6, 6.07) is 51.8. The van der Waals surface area contributed by atoms with Gasteiger partial charge >= 0.3 is 27.3 Å². The van der Waals surface area contributed by atoms with Crippen molar-refractivity contribution in [3.63, 3.8) is 0 Å². The van der Waals surface area contributed by atoms with Crippen LogP contribution in [0.1, 0.15) is 47.9 Å². The quantitative estimate of drug-likeness (QED) is 0.0555. The van der Waals surface area contributed by atoms with Gasteiger partial charge in [-0.15, -0.1) is 0 Å². The average Bonchev–Trinajstić information content (AvgIpc) is 4.06. The van der Waals surface area contributed by atoms with Crippen LogP contribution in [-0.2, 0) is 44.9 Å². The molecule has 358 valence electrons. The summed E-state index contributed by atoms with van der Waals surface area (Å²) in [7, 11) is 0. The number of rotatable bonds is 16. The van der Waals surface area contributed by atoms with Crippen molar-refractivity contribution in [1.29, 1.82) is 0 Å². The third-order valence-electron chi connectivity index (χ3n) is 14.4. The Labute approximate surface area is 440 Å². The van der Waals surface area contributed by atoms with E-state index in [1.54, 1.807) is 6.20 Å². The number of H-pyrrole nitrogens is 2. The third-order valence-corrected chi connectivity index (χ3v) is 14.4. The second-order valence-electron chi connectivity index (χ2n) is 18.9. The number of carboxylic acid groups (broad SMARTS) is 2. The van der Waals surface area contributed by atoms with E-state index in [-0.39, 0.29) is 64.8 Å². The predicted molar refractivity (Wildman–Crippen MR) is 290 cm³/mol. The average molecular weight is 1150 g/mol. The van der Waals surface area contributed by atoms with Crippen molar-refractivity contribution in [1.82, 2.24) is 20.6 Å². The molecule has 0 aliphatic rings. The van der Waals surface area contributed by atoms with Crippen LogP contribution < -0.4 is 20.8 Å². The van der Waals surface area contributed by atoms with Gasteiger partial charge in [0.2, 0.25) is 11.8 Å². The van der Waals surface area contributed by atoms with Crippen LogP contribution in [0.25, 0.3) is 86.4 Å². The molecule has 0 fully saturated rings. The number of nitrogens with one attached hydrogen (secondary N) is 4. The summed E-state index contributed by atoms with van der Waals surface area (Å²) in [4.78, 5) is 55.2. The molecular weight excluding hydrogens is 1100 g/mol. The molecule has 4 N–H and O–H groups in total. The van der Waals surface area contributed by atoms with Gasteiger partial charge in [0.25, 0.3) is 0 Å². The van der Waals surface area contributed by atoms with Gasteiger partial charge in [0.1, 0.15) is 0 Å². The summed E-state index contributed by atoms with van der Waals surface area (Å²) < 4.78 is 0. The number of benzene rings is 10. The Morgan fingerprint density at radius 2 is 0.836 bits per heavy atom. The number of carbonyl (C=O) groups is 4. The topological polar surface area (TPSA) is 170 Å². The number of fused-ring (bicyclic) bond motifs is 2. The number of amides is 2. The second-order valence-corrected chi connectivity index (χ2v) is 18.9. The molecule has 2 radical (unpaired) electrons. The van der Waals surface area contributed by atoms with Crippen LogP contribution in [0.5, 0.6) is 0 Å². The molecule has 0 aliphatic heterocycles. The van der Waals surface area contributed by atoms with Crippen molar-refractivity contribution < 1.29 is 29.4 Å². The molecule has 11 heteroatoms. The Bertz CT molecular complexity index is 3950. The predicted octanol–water partition coefficient (Wildman–Crippen LogP) is 9.35. The van der Waals surface area contributed by atoms with E-state index < -0.39 is 24.0 Å². The van der Waals surface area contributed by atoms with E-state index in [2.05, 4.69) is 130 Å². The molecule has 12 rings (SSSR count). The van der Waals surface area contributed by atoms with E-state index in [0.717, 1.165) is 45.8 Å². The van der Waals surface area contributed by atoms with E-state index >= 15 is 0 Å². The fourth-order valence-corrected chi connectivity index (χ4v) is 10.9. The summed E-state index contributed by atoms with van der Waals surface area (Å²) in [5.41, 5.74) is 5.96. The number of carbonyl (C=O) groups excluding carboxylic acids is 4. The maximum Gasteiger partial charge on any atom is 2.00 e. The molecule has 73 heavy (non-hydrogen) atoms. The number of para-hydroxylation sites is 1. The van der Waals surface area contributed by atoms with Crippen molar-refractivity contribution in [2.45, 2.75) is 63.5 Å². The van der Waals surface area contributed by atoms with Crippen LogP contribution in [0.15, 0.2) is 170 Å². The van der Waals surface area contributed by atoms with Crippen LogP contribution in [0.3, 0.4) is 0 Å². The van der Waals surface area contributed by atoms with Gasteiger partial charge in [0.15, 0.2) is 0 Å². The minimum Gasteiger partial charge on any atom is -0.548 e. The van der Waals surface area contributed by atoms with Gasteiger partial charge in [-0.25, -0.2) is 0 Å². The number of aliphatic carboxylic acids is 2. The van der Waals surface area contributed by atoms with Crippen molar-refractivity contribution in [3.05, 3.63) is 192 Å². The standard InChI is InChI=1S/2C31H26N2O3.Pb/c34-28(33-27(31(35)36)18-23-7-2-8-26-24(23)16-17-32-26)9-3-4-19-10-11-22-13-12-20-5-1-6-21-14-15-25(19)30(22)29(20)21;34-28(33-27(31(35)36)17-23-18-32-26-9-2-1-8-24(23)26)10-4-5-19-11-12-22-14-13-20-6-3-7-21-15-16-25(19)30(22)29(20)21;/h1-2,5-8,10-17,27,32H,3-4,9,18H2,(H,33,34)(H,35,36);1-3,6-9,11-16,18,27,32H,4-5,10,17H2,(H,33,34)(H,35,36);/q;;+2/p-2. The van der Waals surface area contributed by atoms with Gasteiger partial charge in [0.05, 0.1) is 24.0 Å². The van der Waals surface area contributed by atoms with E-state index in [1.165, 1.54) is 75.8 Å². The van der Waals surface area contributed by atoms with Crippen LogP contribution in [-0.4, -0.2) is 73.1 Å². The van der Waals surface area contributed by atoms with Crippen LogP contribution >= 0.6 is 0 Å². The number of carboxylic acids is 2. The molecule has 10 aromatic carbocycles. The summed E-state index contributed by atoms with van der Waals surface area (Å²) in [6.45, 7) is 0. The van der Waals surface area contributed by atoms with E-state index in [1.807, 2.05) is 54.7 Å². The largest absolute Gasteiger partial charge is 2.00 e. The van der Waals surface area contributed by atoms with Crippen LogP contribution in [0.2, 0.25) is 0 Å². The number of hydrogen-bond donors (Lipinski definition) is 4. The third kappa shape index (κ3) is 9.91. The fourth-order valence-electron chi connectivity index (χ4n) is 10.9. The van der Waals surface area contributed by atoms with E-state index in [4.69, 9.17) is 0 Å². The molecule has 0 bridgehead atoms. The molecular formula is C62H50N4O6Pb. The van der Waals surface area contributed by atoms with Gasteiger partial charge in [-0.3, -0.25) is 9.59 Å². The van der Waals surface area contributed by atoms with Crippen LogP contribution in [0, 0.1) is 0 Å². The van der Waals surface area contributed by atoms with Crippen LogP contribution in [0.4, 0.5) is 0 Å². The van der Waals surface area contributed by atoms with E-state index in [9.17, 15) is 29.4 Å². The fraction of sp³-hybridized carbons (Fsp3) is 0.161. The first-order chi connectivity index (χ1) is 35.2. The molecule has 0 saturated carbocycles. The number of aromatic nitrogens is 2. The van der Waals surface area contributed by atoms with Crippen molar-refractivity contribution in [3.8, 4) is 0 Å². The zero-order valence-corrected chi connectivity index (χ0v) is 43.8. The van der Waals surface area contributed by atoms with Gasteiger partial charge in [0, 0.05) is 53.5 Å². The molecule has 0 spiro atoms. The Kier molecular flexibility index (Phi) is 14.1.